The predicted molar refractivity (Wildman–Crippen MR) is 90.1 cm³/mol. The molecule has 3 rings (SSSR count). The number of halogens is 2. The summed E-state index contributed by atoms with van der Waals surface area (Å²) >= 11 is 5.88. The molecule has 0 saturated heterocycles. The van der Waals surface area contributed by atoms with Crippen molar-refractivity contribution in [3.63, 3.8) is 0 Å². The second kappa shape index (κ2) is 6.32. The quantitative estimate of drug-likeness (QED) is 0.733. The molecule has 0 radical (unpaired) electrons. The average Bonchev–Trinajstić information content (AvgIpc) is 2.50. The summed E-state index contributed by atoms with van der Waals surface area (Å²) in [5.74, 6) is -0.251. The highest BCUT2D eigenvalue weighted by molar-refractivity contribution is 6.30. The van der Waals surface area contributed by atoms with Crippen molar-refractivity contribution in [2.24, 2.45) is 0 Å². The molecule has 0 amide bonds. The normalized spacial score (nSPS) is 10.9. The molecule has 112 valence electrons. The van der Waals surface area contributed by atoms with E-state index < -0.39 is 0 Å². The van der Waals surface area contributed by atoms with E-state index in [1.807, 2.05) is 37.3 Å². The molecule has 0 aliphatic rings. The van der Waals surface area contributed by atoms with Gasteiger partial charge < -0.3 is 5.32 Å². The lowest BCUT2D eigenvalue weighted by molar-refractivity contribution is 0.629. The number of hydrogen-bond donors (Lipinski definition) is 1. The van der Waals surface area contributed by atoms with Crippen LogP contribution in [0.1, 0.15) is 11.3 Å². The van der Waals surface area contributed by atoms with Gasteiger partial charge in [0.2, 0.25) is 0 Å². The molecule has 22 heavy (non-hydrogen) atoms. The van der Waals surface area contributed by atoms with Crippen molar-refractivity contribution in [2.45, 2.75) is 13.3 Å². The number of anilines is 1. The van der Waals surface area contributed by atoms with Gasteiger partial charge in [-0.25, -0.2) is 4.39 Å². The summed E-state index contributed by atoms with van der Waals surface area (Å²) in [5, 5.41) is 4.93. The van der Waals surface area contributed by atoms with Gasteiger partial charge in [0, 0.05) is 28.3 Å². The molecule has 0 aliphatic heterocycles. The lowest BCUT2D eigenvalue weighted by atomic mass is 10.1. The Bertz CT molecular complexity index is 800. The molecule has 0 unspecified atom stereocenters. The van der Waals surface area contributed by atoms with Gasteiger partial charge in [0.1, 0.15) is 5.82 Å². The summed E-state index contributed by atoms with van der Waals surface area (Å²) in [7, 11) is 0. The van der Waals surface area contributed by atoms with Gasteiger partial charge in [-0.2, -0.15) is 0 Å². The molecule has 0 atom stereocenters. The Morgan fingerprint density at radius 1 is 1.09 bits per heavy atom. The molecule has 1 aromatic heterocycles. The van der Waals surface area contributed by atoms with Gasteiger partial charge in [-0.1, -0.05) is 23.7 Å². The maximum Gasteiger partial charge on any atom is 0.124 e. The first-order valence-electron chi connectivity index (χ1n) is 7.17. The smallest absolute Gasteiger partial charge is 0.124 e. The Morgan fingerprint density at radius 2 is 1.86 bits per heavy atom. The SMILES string of the molecule is Cc1cc(NCCc2ccc(Cl)cc2)c2cc(F)ccc2n1. The Kier molecular flexibility index (Phi) is 4.25. The third-order valence-electron chi connectivity index (χ3n) is 3.54. The van der Waals surface area contributed by atoms with Gasteiger partial charge in [-0.3, -0.25) is 4.98 Å². The first-order valence-corrected chi connectivity index (χ1v) is 7.55. The van der Waals surface area contributed by atoms with E-state index >= 15 is 0 Å². The second-order valence-corrected chi connectivity index (χ2v) is 5.71. The fraction of sp³-hybridized carbons (Fsp3) is 0.167. The Hall–Kier alpha value is -2.13. The molecule has 0 bridgehead atoms. The Morgan fingerprint density at radius 3 is 2.64 bits per heavy atom. The molecule has 1 heterocycles. The first kappa shape index (κ1) is 14.8. The minimum atomic E-state index is -0.251. The summed E-state index contributed by atoms with van der Waals surface area (Å²) in [6.07, 6.45) is 0.870. The van der Waals surface area contributed by atoms with E-state index in [9.17, 15) is 4.39 Å². The molecule has 0 saturated carbocycles. The van der Waals surface area contributed by atoms with Crippen LogP contribution >= 0.6 is 11.6 Å². The van der Waals surface area contributed by atoms with E-state index in [0.29, 0.717) is 0 Å². The number of pyridine rings is 1. The van der Waals surface area contributed by atoms with Crippen LogP contribution in [-0.4, -0.2) is 11.5 Å². The van der Waals surface area contributed by atoms with Crippen molar-refractivity contribution in [3.8, 4) is 0 Å². The summed E-state index contributed by atoms with van der Waals surface area (Å²) in [4.78, 5) is 4.43. The van der Waals surface area contributed by atoms with Gasteiger partial charge in [0.25, 0.3) is 0 Å². The summed E-state index contributed by atoms with van der Waals surface area (Å²) in [6, 6.07) is 14.4. The molecule has 0 aliphatic carbocycles. The topological polar surface area (TPSA) is 24.9 Å². The highest BCUT2D eigenvalue weighted by atomic mass is 35.5. The van der Waals surface area contributed by atoms with Crippen molar-refractivity contribution in [1.29, 1.82) is 0 Å². The highest BCUT2D eigenvalue weighted by Gasteiger charge is 2.05. The van der Waals surface area contributed by atoms with Crippen molar-refractivity contribution in [1.82, 2.24) is 4.98 Å². The van der Waals surface area contributed by atoms with Crippen LogP contribution in [0, 0.1) is 12.7 Å². The number of nitrogens with one attached hydrogen (secondary N) is 1. The fourth-order valence-corrected chi connectivity index (χ4v) is 2.60. The van der Waals surface area contributed by atoms with Crippen LogP contribution in [0.25, 0.3) is 10.9 Å². The fourth-order valence-electron chi connectivity index (χ4n) is 2.47. The first-order chi connectivity index (χ1) is 10.6. The Balaban J connectivity index is 1.78. The summed E-state index contributed by atoms with van der Waals surface area (Å²) in [6.45, 7) is 2.70. The lowest BCUT2D eigenvalue weighted by Crippen LogP contribution is -2.06. The van der Waals surface area contributed by atoms with Gasteiger partial charge in [0.05, 0.1) is 5.52 Å². The standard InChI is InChI=1S/C18H16ClFN2/c1-12-10-18(16-11-15(20)6-7-17(16)22-12)21-9-8-13-2-4-14(19)5-3-13/h2-7,10-11H,8-9H2,1H3,(H,21,22). The molecule has 3 aromatic rings. The van der Waals surface area contributed by atoms with E-state index in [0.717, 1.165) is 40.3 Å². The third kappa shape index (κ3) is 3.37. The van der Waals surface area contributed by atoms with Gasteiger partial charge in [-0.15, -0.1) is 0 Å². The van der Waals surface area contributed by atoms with Crippen molar-refractivity contribution in [2.75, 3.05) is 11.9 Å². The van der Waals surface area contributed by atoms with Crippen LogP contribution in [0.5, 0.6) is 0 Å². The predicted octanol–water partition coefficient (Wildman–Crippen LogP) is 4.99. The number of aromatic nitrogens is 1. The molecule has 4 heteroatoms. The van der Waals surface area contributed by atoms with Crippen LogP contribution in [0.2, 0.25) is 5.02 Å². The maximum absolute atomic E-state index is 13.5. The van der Waals surface area contributed by atoms with Crippen LogP contribution < -0.4 is 5.32 Å². The zero-order valence-electron chi connectivity index (χ0n) is 12.2. The molecule has 2 aromatic carbocycles. The number of hydrogen-bond acceptors (Lipinski definition) is 2. The van der Waals surface area contributed by atoms with Crippen LogP contribution in [0.3, 0.4) is 0 Å². The summed E-state index contributed by atoms with van der Waals surface area (Å²) < 4.78 is 13.5. The number of aryl methyl sites for hydroxylation is 1. The lowest BCUT2D eigenvalue weighted by Gasteiger charge is -2.11. The molecule has 1 N–H and O–H groups in total. The van der Waals surface area contributed by atoms with Gasteiger partial charge >= 0.3 is 0 Å². The van der Waals surface area contributed by atoms with Crippen LogP contribution in [0.15, 0.2) is 48.5 Å². The zero-order valence-corrected chi connectivity index (χ0v) is 13.0. The van der Waals surface area contributed by atoms with Crippen LogP contribution in [0.4, 0.5) is 10.1 Å². The number of rotatable bonds is 4. The van der Waals surface area contributed by atoms with E-state index in [4.69, 9.17) is 11.6 Å². The number of nitrogens with zero attached hydrogens (tertiary/aromatic N) is 1. The molecular weight excluding hydrogens is 299 g/mol. The molecule has 0 spiro atoms. The minimum Gasteiger partial charge on any atom is -0.384 e. The Labute approximate surface area is 134 Å². The van der Waals surface area contributed by atoms with Crippen LogP contribution in [-0.2, 0) is 6.42 Å². The van der Waals surface area contributed by atoms with E-state index in [1.165, 1.54) is 17.7 Å². The van der Waals surface area contributed by atoms with E-state index in [-0.39, 0.29) is 5.82 Å². The number of fused-ring (bicyclic) bond motifs is 1. The molecule has 0 fully saturated rings. The maximum atomic E-state index is 13.5. The summed E-state index contributed by atoms with van der Waals surface area (Å²) in [5.41, 5.74) is 3.83. The second-order valence-electron chi connectivity index (χ2n) is 5.28. The van der Waals surface area contributed by atoms with Crippen molar-refractivity contribution in [3.05, 3.63) is 70.6 Å². The number of benzene rings is 2. The van der Waals surface area contributed by atoms with E-state index in [2.05, 4.69) is 10.3 Å². The zero-order chi connectivity index (χ0) is 15.5. The van der Waals surface area contributed by atoms with Crippen molar-refractivity contribution < 1.29 is 4.39 Å². The minimum absolute atomic E-state index is 0.251. The van der Waals surface area contributed by atoms with E-state index in [1.54, 1.807) is 6.07 Å². The third-order valence-corrected chi connectivity index (χ3v) is 3.79. The monoisotopic (exact) mass is 314 g/mol. The average molecular weight is 315 g/mol. The van der Waals surface area contributed by atoms with Crippen molar-refractivity contribution >= 4 is 28.2 Å². The highest BCUT2D eigenvalue weighted by Crippen LogP contribution is 2.24. The molecule has 2 nitrogen and oxygen atoms in total. The largest absolute Gasteiger partial charge is 0.384 e. The molecular formula is C18H16ClFN2. The van der Waals surface area contributed by atoms with Gasteiger partial charge in [0.15, 0.2) is 0 Å². The van der Waals surface area contributed by atoms with Gasteiger partial charge in [-0.05, 0) is 55.3 Å².